The molecule has 116 valence electrons. The largest absolute Gasteiger partial charge is 0.492 e. The maximum absolute atomic E-state index is 13.6. The van der Waals surface area contributed by atoms with Crippen molar-refractivity contribution in [2.75, 3.05) is 19.7 Å². The molecule has 2 heterocycles. The van der Waals surface area contributed by atoms with Gasteiger partial charge in [-0.05, 0) is 18.6 Å². The first kappa shape index (κ1) is 15.6. The van der Waals surface area contributed by atoms with E-state index in [4.69, 9.17) is 9.84 Å². The van der Waals surface area contributed by atoms with Crippen molar-refractivity contribution in [3.05, 3.63) is 24.0 Å². The molecule has 1 N–H and O–H groups in total. The summed E-state index contributed by atoms with van der Waals surface area (Å²) in [7, 11) is 0. The van der Waals surface area contributed by atoms with Gasteiger partial charge in [-0.25, -0.2) is 8.78 Å². The zero-order chi connectivity index (χ0) is 15.5. The van der Waals surface area contributed by atoms with Gasteiger partial charge >= 0.3 is 5.97 Å². The van der Waals surface area contributed by atoms with Gasteiger partial charge in [-0.2, -0.15) is 0 Å². The molecule has 0 aliphatic carbocycles. The van der Waals surface area contributed by atoms with Crippen molar-refractivity contribution in [1.29, 1.82) is 0 Å². The number of halogens is 2. The van der Waals surface area contributed by atoms with Crippen molar-refractivity contribution in [2.45, 2.75) is 25.8 Å². The lowest BCUT2D eigenvalue weighted by Crippen LogP contribution is -2.48. The molecule has 1 atom stereocenters. The molecule has 1 unspecified atom stereocenters. The Morgan fingerprint density at radius 1 is 1.57 bits per heavy atom. The smallest absolute Gasteiger partial charge is 0.308 e. The summed E-state index contributed by atoms with van der Waals surface area (Å²) in [6, 6.07) is 1.74. The minimum Gasteiger partial charge on any atom is -0.492 e. The van der Waals surface area contributed by atoms with Crippen LogP contribution in [0.2, 0.25) is 0 Å². The zero-order valence-corrected chi connectivity index (χ0v) is 11.8. The highest BCUT2D eigenvalue weighted by molar-refractivity contribution is 5.70. The number of likely N-dealkylation sites (tertiary alicyclic amines) is 1. The number of pyridine rings is 1. The number of carbonyl (C=O) groups is 1. The second kappa shape index (κ2) is 6.34. The van der Waals surface area contributed by atoms with Crippen molar-refractivity contribution in [3.63, 3.8) is 0 Å². The summed E-state index contributed by atoms with van der Waals surface area (Å²) in [6.07, 6.45) is 2.53. The maximum atomic E-state index is 13.6. The molecule has 1 aliphatic rings. The van der Waals surface area contributed by atoms with Crippen LogP contribution in [0, 0.1) is 5.92 Å². The first-order valence-electron chi connectivity index (χ1n) is 6.79. The van der Waals surface area contributed by atoms with Gasteiger partial charge < -0.3 is 9.84 Å². The van der Waals surface area contributed by atoms with Crippen LogP contribution < -0.4 is 4.74 Å². The van der Waals surface area contributed by atoms with Gasteiger partial charge in [0, 0.05) is 25.7 Å². The first-order chi connectivity index (χ1) is 9.89. The van der Waals surface area contributed by atoms with Gasteiger partial charge in [0.15, 0.2) is 0 Å². The number of alkyl halides is 2. The van der Waals surface area contributed by atoms with Crippen molar-refractivity contribution >= 4 is 5.97 Å². The van der Waals surface area contributed by atoms with Crippen LogP contribution in [0.25, 0.3) is 0 Å². The van der Waals surface area contributed by atoms with Crippen LogP contribution in [-0.4, -0.2) is 46.6 Å². The number of nitrogens with zero attached hydrogens (tertiary/aromatic N) is 2. The van der Waals surface area contributed by atoms with Gasteiger partial charge in [-0.1, -0.05) is 0 Å². The predicted octanol–water partition coefficient (Wildman–Crippen LogP) is 2.02. The van der Waals surface area contributed by atoms with Gasteiger partial charge in [0.05, 0.1) is 25.3 Å². The average molecular weight is 300 g/mol. The minimum atomic E-state index is -2.98. The van der Waals surface area contributed by atoms with E-state index in [-0.39, 0.29) is 13.1 Å². The number of aliphatic carboxylic acids is 1. The Bertz CT molecular complexity index is 511. The van der Waals surface area contributed by atoms with Crippen LogP contribution in [0.4, 0.5) is 8.78 Å². The zero-order valence-electron chi connectivity index (χ0n) is 11.8. The van der Waals surface area contributed by atoms with E-state index in [1.54, 1.807) is 18.5 Å². The van der Waals surface area contributed by atoms with Crippen LogP contribution >= 0.6 is 0 Å². The third-order valence-corrected chi connectivity index (χ3v) is 3.31. The molecule has 21 heavy (non-hydrogen) atoms. The Morgan fingerprint density at radius 2 is 2.33 bits per heavy atom. The summed E-state index contributed by atoms with van der Waals surface area (Å²) >= 11 is 0. The second-order valence-electron chi connectivity index (χ2n) is 5.23. The summed E-state index contributed by atoms with van der Waals surface area (Å²) in [5, 5.41) is 8.98. The fourth-order valence-corrected chi connectivity index (χ4v) is 2.53. The summed E-state index contributed by atoms with van der Waals surface area (Å²) in [5.41, 5.74) is 0.725. The van der Waals surface area contributed by atoms with Crippen molar-refractivity contribution in [3.8, 4) is 5.75 Å². The van der Waals surface area contributed by atoms with Crippen LogP contribution in [0.5, 0.6) is 5.75 Å². The molecule has 0 radical (unpaired) electrons. The second-order valence-corrected chi connectivity index (χ2v) is 5.23. The summed E-state index contributed by atoms with van der Waals surface area (Å²) in [6.45, 7) is 2.25. The Kier molecular flexibility index (Phi) is 4.72. The molecular weight excluding hydrogens is 282 g/mol. The van der Waals surface area contributed by atoms with E-state index >= 15 is 0 Å². The van der Waals surface area contributed by atoms with Gasteiger partial charge in [-0.3, -0.25) is 14.7 Å². The molecule has 5 nitrogen and oxygen atoms in total. The number of aromatic nitrogens is 1. The van der Waals surface area contributed by atoms with Gasteiger partial charge in [0.2, 0.25) is 0 Å². The molecule has 1 fully saturated rings. The van der Waals surface area contributed by atoms with Gasteiger partial charge in [0.1, 0.15) is 5.75 Å². The van der Waals surface area contributed by atoms with E-state index in [1.807, 2.05) is 6.92 Å². The number of rotatable bonds is 5. The highest BCUT2D eigenvalue weighted by Crippen LogP contribution is 2.31. The quantitative estimate of drug-likeness (QED) is 0.901. The monoisotopic (exact) mass is 300 g/mol. The van der Waals surface area contributed by atoms with E-state index < -0.39 is 30.8 Å². The first-order valence-corrected chi connectivity index (χ1v) is 6.79. The minimum absolute atomic E-state index is 0.115. The number of piperidine rings is 1. The van der Waals surface area contributed by atoms with E-state index in [9.17, 15) is 13.6 Å². The predicted molar refractivity (Wildman–Crippen MR) is 71.4 cm³/mol. The topological polar surface area (TPSA) is 62.7 Å². The molecule has 0 aromatic carbocycles. The van der Waals surface area contributed by atoms with E-state index in [1.165, 1.54) is 4.90 Å². The molecule has 0 saturated carbocycles. The molecule has 1 saturated heterocycles. The third-order valence-electron chi connectivity index (χ3n) is 3.31. The van der Waals surface area contributed by atoms with Crippen LogP contribution in [0.3, 0.4) is 0 Å². The fraction of sp³-hybridized carbons (Fsp3) is 0.571. The SMILES string of the molecule is CCOc1cncc(CN2CC(C(=O)O)CC(F)(F)C2)c1. The lowest BCUT2D eigenvalue weighted by molar-refractivity contribution is -0.153. The number of carboxylic acids is 1. The van der Waals surface area contributed by atoms with Crippen LogP contribution in [0.1, 0.15) is 18.9 Å². The van der Waals surface area contributed by atoms with Crippen molar-refractivity contribution < 1.29 is 23.4 Å². The van der Waals surface area contributed by atoms with Crippen molar-refractivity contribution in [2.24, 2.45) is 5.92 Å². The van der Waals surface area contributed by atoms with Crippen LogP contribution in [-0.2, 0) is 11.3 Å². The fourth-order valence-electron chi connectivity index (χ4n) is 2.53. The molecule has 1 aromatic heterocycles. The van der Waals surface area contributed by atoms with E-state index in [0.717, 1.165) is 5.56 Å². The Hall–Kier alpha value is -1.76. The maximum Gasteiger partial charge on any atom is 0.308 e. The molecule has 1 aliphatic heterocycles. The molecule has 2 rings (SSSR count). The lowest BCUT2D eigenvalue weighted by Gasteiger charge is -2.35. The molecule has 0 amide bonds. The lowest BCUT2D eigenvalue weighted by atomic mass is 9.95. The molecule has 0 spiro atoms. The summed E-state index contributed by atoms with van der Waals surface area (Å²) in [4.78, 5) is 16.4. The van der Waals surface area contributed by atoms with Gasteiger partial charge in [-0.15, -0.1) is 0 Å². The summed E-state index contributed by atoms with van der Waals surface area (Å²) < 4.78 is 32.6. The highest BCUT2D eigenvalue weighted by Gasteiger charge is 2.42. The molecule has 7 heteroatoms. The Labute approximate surface area is 121 Å². The molecule has 1 aromatic rings. The van der Waals surface area contributed by atoms with Gasteiger partial charge in [0.25, 0.3) is 5.92 Å². The van der Waals surface area contributed by atoms with E-state index in [2.05, 4.69) is 4.98 Å². The number of carboxylic acid groups (broad SMARTS) is 1. The number of hydrogen-bond acceptors (Lipinski definition) is 4. The number of hydrogen-bond donors (Lipinski definition) is 1. The standard InChI is InChI=1S/C14H18F2N2O3/c1-2-21-12-3-10(5-17-6-12)7-18-8-11(13(19)20)4-14(15,16)9-18/h3,5-6,11H,2,4,7-9H2,1H3,(H,19,20). The molecular formula is C14H18F2N2O3. The normalized spacial score (nSPS) is 22.0. The third kappa shape index (κ3) is 4.35. The highest BCUT2D eigenvalue weighted by atomic mass is 19.3. The average Bonchev–Trinajstić information content (AvgIpc) is 2.37. The van der Waals surface area contributed by atoms with E-state index in [0.29, 0.717) is 12.4 Å². The molecule has 0 bridgehead atoms. The summed E-state index contributed by atoms with van der Waals surface area (Å²) in [5.74, 6) is -4.63. The Balaban J connectivity index is 2.07. The van der Waals surface area contributed by atoms with Crippen LogP contribution in [0.15, 0.2) is 18.5 Å². The Morgan fingerprint density at radius 3 is 3.00 bits per heavy atom. The number of ether oxygens (including phenoxy) is 1. The van der Waals surface area contributed by atoms with Crippen molar-refractivity contribution in [1.82, 2.24) is 9.88 Å².